The maximum absolute atomic E-state index is 10.0. The van der Waals surface area contributed by atoms with Gasteiger partial charge in [-0.3, -0.25) is 14.6 Å². The van der Waals surface area contributed by atoms with Gasteiger partial charge in [0.1, 0.15) is 0 Å². The van der Waals surface area contributed by atoms with Crippen LogP contribution in [0.5, 0.6) is 0 Å². The Kier molecular flexibility index (Phi) is 40.0. The zero-order chi connectivity index (χ0) is 65.0. The van der Waals surface area contributed by atoms with Crippen molar-refractivity contribution >= 4 is 76.8 Å². The molecule has 7 heterocycles. The number of hydrogen-bond acceptors (Lipinski definition) is 11. The molecule has 4 radical (unpaired) electrons. The van der Waals surface area contributed by atoms with Gasteiger partial charge >= 0.3 is 0 Å². The van der Waals surface area contributed by atoms with Crippen molar-refractivity contribution in [1.82, 2.24) is 29.9 Å². The van der Waals surface area contributed by atoms with Gasteiger partial charge in [-0.1, -0.05) is 172 Å². The summed E-state index contributed by atoms with van der Waals surface area (Å²) in [7, 11) is 0. The number of fused-ring (bicyclic) bond motifs is 5. The number of carbonyl (C=O) groups excluding carboxylic acids is 2. The number of hydrogen-bond donors (Lipinski definition) is 2. The van der Waals surface area contributed by atoms with Gasteiger partial charge in [-0.2, -0.15) is 23.8 Å². The minimum absolute atomic E-state index is 0. The van der Waals surface area contributed by atoms with Crippen LogP contribution in [0.1, 0.15) is 50.0 Å². The molecule has 0 spiro atoms. The van der Waals surface area contributed by atoms with Crippen LogP contribution in [0.4, 0.5) is 0 Å². The van der Waals surface area contributed by atoms with Crippen LogP contribution in [0.25, 0.3) is 109 Å². The molecular weight excluding hydrogens is 1970 g/mol. The summed E-state index contributed by atoms with van der Waals surface area (Å²) in [6.45, 7) is 5.70. The van der Waals surface area contributed by atoms with Gasteiger partial charge < -0.3 is 35.1 Å². The number of ketones is 2. The molecule has 0 aliphatic rings. The number of aliphatic hydroxyl groups is 2. The second-order valence-corrected chi connectivity index (χ2v) is 21.5. The van der Waals surface area contributed by atoms with Crippen LogP contribution in [0.3, 0.4) is 0 Å². The first-order valence-corrected chi connectivity index (χ1v) is 30.5. The Hall–Kier alpha value is -9.32. The minimum Gasteiger partial charge on any atom is -0.512 e. The third kappa shape index (κ3) is 26.1. The number of aliphatic hydroxyl groups excluding tert-OH is 2. The second kappa shape index (κ2) is 46.1. The first-order chi connectivity index (χ1) is 45.5. The van der Waals surface area contributed by atoms with Gasteiger partial charge in [0.25, 0.3) is 0 Å². The summed E-state index contributed by atoms with van der Waals surface area (Å²) in [5, 5.41) is 30.7. The third-order valence-corrected chi connectivity index (χ3v) is 14.4. The van der Waals surface area contributed by atoms with Crippen molar-refractivity contribution in [2.45, 2.75) is 50.0 Å². The van der Waals surface area contributed by atoms with E-state index in [0.29, 0.717) is 0 Å². The number of carbonyl (C=O) groups is 2. The van der Waals surface area contributed by atoms with Crippen LogP contribution in [-0.4, -0.2) is 51.7 Å². The summed E-state index contributed by atoms with van der Waals surface area (Å²) in [6, 6.07) is 95.1. The zero-order valence-corrected chi connectivity index (χ0v) is 63.3. The molecule has 8 aromatic carbocycles. The first-order valence-electron chi connectivity index (χ1n) is 29.6. The number of rotatable bonds is 7. The predicted octanol–water partition coefficient (Wildman–Crippen LogP) is 21.9. The summed E-state index contributed by atoms with van der Waals surface area (Å²) in [4.78, 5) is 47.2. The molecule has 0 aliphatic carbocycles. The van der Waals surface area contributed by atoms with Crippen molar-refractivity contribution < 1.29 is 100 Å². The molecule has 0 saturated heterocycles. The Morgan fingerprint density at radius 1 is 0.370 bits per heavy atom. The normalized spacial score (nSPS) is 9.92. The van der Waals surface area contributed by atoms with Crippen molar-refractivity contribution in [3.05, 3.63) is 339 Å². The van der Waals surface area contributed by atoms with Gasteiger partial charge in [-0.05, 0) is 136 Å². The molecular formula is C85H75Ir4N6O4S-5. The van der Waals surface area contributed by atoms with E-state index in [-0.39, 0.29) is 126 Å². The topological polar surface area (TPSA) is 152 Å². The molecule has 100 heavy (non-hydrogen) atoms. The molecule has 2 N–H and O–H groups in total. The maximum atomic E-state index is 10.0. The van der Waals surface area contributed by atoms with E-state index < -0.39 is 0 Å². The molecule has 10 nitrogen and oxygen atoms in total. The van der Waals surface area contributed by atoms with Gasteiger partial charge in [-0.15, -0.1) is 112 Å². The van der Waals surface area contributed by atoms with Gasteiger partial charge in [0, 0.05) is 124 Å². The molecule has 0 amide bonds. The molecule has 0 aliphatic heterocycles. The smallest absolute Gasteiger partial charge is 0.155 e. The predicted molar refractivity (Wildman–Crippen MR) is 400 cm³/mol. The second-order valence-electron chi connectivity index (χ2n) is 20.6. The van der Waals surface area contributed by atoms with Gasteiger partial charge in [0.15, 0.2) is 11.6 Å². The molecule has 7 aromatic heterocycles. The summed E-state index contributed by atoms with van der Waals surface area (Å²) in [5.41, 5.74) is 9.05. The number of pyridine rings is 6. The number of nitrogens with zero attached hydrogens (tertiary/aromatic N) is 6. The zero-order valence-electron chi connectivity index (χ0n) is 52.9. The van der Waals surface area contributed by atoms with Crippen LogP contribution in [0, 0.1) is 30.3 Å². The summed E-state index contributed by atoms with van der Waals surface area (Å²) in [6.07, 6.45) is 15.0. The van der Waals surface area contributed by atoms with E-state index in [4.69, 9.17) is 10.2 Å². The molecule has 0 bridgehead atoms. The molecule has 15 rings (SSSR count). The van der Waals surface area contributed by atoms with Gasteiger partial charge in [0.2, 0.25) is 0 Å². The summed E-state index contributed by atoms with van der Waals surface area (Å²) < 4.78 is 0. The third-order valence-electron chi connectivity index (χ3n) is 13.6. The van der Waals surface area contributed by atoms with Crippen LogP contribution < -0.4 is 0 Å². The van der Waals surface area contributed by atoms with E-state index in [9.17, 15) is 9.59 Å². The van der Waals surface area contributed by atoms with E-state index in [1.165, 1.54) is 82.9 Å². The molecule has 0 atom stereocenters. The minimum atomic E-state index is -0.125. The van der Waals surface area contributed by atoms with E-state index in [0.717, 1.165) is 66.4 Å². The fraction of sp³-hybridized carbons (Fsp3) is 0.0824. The molecule has 15 heteroatoms. The van der Waals surface area contributed by atoms with Crippen molar-refractivity contribution in [1.29, 1.82) is 0 Å². The average Bonchev–Trinajstić information content (AvgIpc) is 0.899. The quantitative estimate of drug-likeness (QED) is 0.0896. The molecule has 15 aromatic rings. The van der Waals surface area contributed by atoms with E-state index >= 15 is 0 Å². The van der Waals surface area contributed by atoms with Crippen molar-refractivity contribution in [3.8, 4) is 55.6 Å². The Morgan fingerprint density at radius 3 is 1.27 bits per heavy atom. The summed E-state index contributed by atoms with van der Waals surface area (Å²) in [5.74, 6) is -0.125. The number of thiophene rings is 1. The van der Waals surface area contributed by atoms with E-state index in [2.05, 4.69) is 151 Å². The number of allylic oxidation sites excluding steroid dienone is 4. The van der Waals surface area contributed by atoms with Crippen LogP contribution in [0.15, 0.2) is 309 Å². The molecule has 0 fully saturated rings. The Morgan fingerprint density at radius 2 is 0.820 bits per heavy atom. The SMILES string of the molecule is C.C.C.CC(=O)C=C(C)O.CC(=O)C=C(C)O.[Ir].[Ir].[Ir].[Ir].[c-]1ccc2ccccc2c1-c1cc2ccccc2cn1.[c-]1ccccc1-c1ccccn1.[c-]1ccccc1-c1nccc2ccccc12.[c-]1ccsc1-c1nccc2ccccc12.[c-]1cnccc1-c1nccc2ccccc12. The monoisotopic (exact) mass is 2050 g/mol. The Bertz CT molecular complexity index is 4730. The van der Waals surface area contributed by atoms with Crippen molar-refractivity contribution in [2.75, 3.05) is 0 Å². The largest absolute Gasteiger partial charge is 0.512 e. The number of benzene rings is 8. The van der Waals surface area contributed by atoms with E-state index in [1.807, 2.05) is 176 Å². The Balaban J connectivity index is 0.000000402. The van der Waals surface area contributed by atoms with Crippen LogP contribution in [-0.2, 0) is 90.0 Å². The number of aromatic nitrogens is 6. The fourth-order valence-electron chi connectivity index (χ4n) is 9.60. The summed E-state index contributed by atoms with van der Waals surface area (Å²) >= 11 is 1.67. The Labute approximate surface area is 646 Å². The van der Waals surface area contributed by atoms with Crippen LogP contribution in [0.2, 0.25) is 0 Å². The van der Waals surface area contributed by atoms with Gasteiger partial charge in [0.05, 0.1) is 11.5 Å². The van der Waals surface area contributed by atoms with Crippen molar-refractivity contribution in [2.24, 2.45) is 0 Å². The fourth-order valence-corrected chi connectivity index (χ4v) is 10.3. The molecule has 0 unspecified atom stereocenters. The average molecular weight is 2050 g/mol. The molecule has 0 saturated carbocycles. The first kappa shape index (κ1) is 86.8. The molecule has 516 valence electrons. The maximum Gasteiger partial charge on any atom is 0.155 e. The van der Waals surface area contributed by atoms with Crippen molar-refractivity contribution in [3.63, 3.8) is 0 Å². The van der Waals surface area contributed by atoms with Crippen LogP contribution >= 0.6 is 11.3 Å². The van der Waals surface area contributed by atoms with Gasteiger partial charge in [-0.25, -0.2) is 11.3 Å². The van der Waals surface area contributed by atoms with E-state index in [1.54, 1.807) is 29.9 Å². The standard InChI is InChI=1S/C19H12N.C15H10N.C14H9N2.C13H8NS.C11H8N.2C5H8O2.3CH4.4Ir/c1-2-8-16-13-20-19(12-15(16)7-1)18-11-5-9-14-6-3-4-10-17(14)18;1-2-7-13(8-3-1)15-14-9-5-4-6-12(14)10-11-16-15;1-2-4-13-11(3-1)7-10-16-14(13)12-5-8-15-9-6-12;1-2-5-11-10(4-1)7-8-14-13(11)12-6-3-9-15-12;1-2-6-10(7-3-1)11-8-4-5-9-12-11;2*1-4(6)3-5(2)7;;;;;;;/h1-10,12-13H;1-7,9-11H;1-5,7-10H;1-5,7-9H;1-6,8-9H;2*3,6H,1-2H3;3*1H4;;;;/q5*-1;;;;;;;;;.